The van der Waals surface area contributed by atoms with Crippen LogP contribution in [0.2, 0.25) is 10.0 Å². The van der Waals surface area contributed by atoms with Gasteiger partial charge in [-0.25, -0.2) is 4.98 Å². The van der Waals surface area contributed by atoms with Crippen molar-refractivity contribution in [1.29, 1.82) is 0 Å². The first-order valence-electron chi connectivity index (χ1n) is 10.9. The Morgan fingerprint density at radius 3 is 2.59 bits per heavy atom. The minimum absolute atomic E-state index is 0.130. The Morgan fingerprint density at radius 2 is 1.88 bits per heavy atom. The smallest absolute Gasteiger partial charge is 0.256 e. The number of piperidine rings is 1. The third-order valence-corrected chi connectivity index (χ3v) is 7.21. The Hall–Kier alpha value is -2.68. The number of aromatic nitrogens is 4. The number of carbonyl (C=O) groups excluding carboxylic acids is 1. The summed E-state index contributed by atoms with van der Waals surface area (Å²) in [5.41, 5.74) is 3.18. The van der Waals surface area contributed by atoms with E-state index in [4.69, 9.17) is 28.2 Å². The summed E-state index contributed by atoms with van der Waals surface area (Å²) in [6.45, 7) is 1.84. The molecule has 1 saturated heterocycles. The van der Waals surface area contributed by atoms with Gasteiger partial charge < -0.3 is 10.2 Å². The minimum atomic E-state index is -0.130. The summed E-state index contributed by atoms with van der Waals surface area (Å²) in [6, 6.07) is 11.1. The number of pyridine rings is 1. The molecule has 0 radical (unpaired) electrons. The molecule has 1 aliphatic rings. The molecule has 0 unspecified atom stereocenters. The number of nitrogens with one attached hydrogen (secondary N) is 1. The van der Waals surface area contributed by atoms with E-state index in [0.717, 1.165) is 40.0 Å². The molecule has 34 heavy (non-hydrogen) atoms. The number of benzene rings is 1. The third kappa shape index (κ3) is 4.62. The van der Waals surface area contributed by atoms with Gasteiger partial charge in [-0.3, -0.25) is 9.78 Å². The maximum absolute atomic E-state index is 13.1. The van der Waals surface area contributed by atoms with Crippen LogP contribution in [-0.2, 0) is 6.54 Å². The molecule has 10 heteroatoms. The Morgan fingerprint density at radius 1 is 1.12 bits per heavy atom. The standard InChI is InChI=1S/C24H21BrCl2N6O/c25-17-14-30-33-21(29-13-15-3-2-8-28-12-15)11-20(31-23(17)33)16-6-9-32(10-7-16)24(34)22-18(26)4-1-5-19(22)27/h1-5,8,11-12,14,16,29H,6-7,9-10,13H2. The largest absolute Gasteiger partial charge is 0.366 e. The molecule has 0 aliphatic carbocycles. The van der Waals surface area contributed by atoms with Crippen molar-refractivity contribution < 1.29 is 4.79 Å². The van der Waals surface area contributed by atoms with Crippen LogP contribution in [0.5, 0.6) is 0 Å². The molecule has 1 aromatic carbocycles. The van der Waals surface area contributed by atoms with E-state index in [1.165, 1.54) is 0 Å². The maximum atomic E-state index is 13.1. The van der Waals surface area contributed by atoms with Gasteiger partial charge in [0.2, 0.25) is 0 Å². The first-order chi connectivity index (χ1) is 16.5. The fraction of sp³-hybridized carbons (Fsp3) is 0.250. The number of likely N-dealkylation sites (tertiary alicyclic amines) is 1. The fourth-order valence-corrected chi connectivity index (χ4v) is 5.13. The molecule has 174 valence electrons. The summed E-state index contributed by atoms with van der Waals surface area (Å²) >= 11 is 16.1. The highest BCUT2D eigenvalue weighted by Crippen LogP contribution is 2.33. The lowest BCUT2D eigenvalue weighted by Crippen LogP contribution is -2.38. The van der Waals surface area contributed by atoms with Crippen molar-refractivity contribution in [3.05, 3.63) is 86.3 Å². The number of rotatable bonds is 5. The van der Waals surface area contributed by atoms with Crippen LogP contribution in [0.4, 0.5) is 5.82 Å². The summed E-state index contributed by atoms with van der Waals surface area (Å²) in [4.78, 5) is 23.9. The van der Waals surface area contributed by atoms with Crippen molar-refractivity contribution in [3.63, 3.8) is 0 Å². The Bertz CT molecular complexity index is 1320. The predicted molar refractivity (Wildman–Crippen MR) is 137 cm³/mol. The van der Waals surface area contributed by atoms with Crippen molar-refractivity contribution in [2.45, 2.75) is 25.3 Å². The number of fused-ring (bicyclic) bond motifs is 1. The van der Waals surface area contributed by atoms with Gasteiger partial charge in [0.25, 0.3) is 5.91 Å². The van der Waals surface area contributed by atoms with Gasteiger partial charge in [-0.2, -0.15) is 9.61 Å². The molecule has 1 N–H and O–H groups in total. The van der Waals surface area contributed by atoms with E-state index in [1.54, 1.807) is 35.1 Å². The highest BCUT2D eigenvalue weighted by atomic mass is 79.9. The summed E-state index contributed by atoms with van der Waals surface area (Å²) < 4.78 is 2.63. The van der Waals surface area contributed by atoms with Crippen LogP contribution < -0.4 is 5.32 Å². The molecule has 3 aromatic heterocycles. The third-order valence-electron chi connectivity index (χ3n) is 6.02. The Labute approximate surface area is 215 Å². The van der Waals surface area contributed by atoms with Gasteiger partial charge in [-0.1, -0.05) is 35.3 Å². The van der Waals surface area contributed by atoms with E-state index in [9.17, 15) is 4.79 Å². The monoisotopic (exact) mass is 558 g/mol. The number of nitrogens with zero attached hydrogens (tertiary/aromatic N) is 5. The highest BCUT2D eigenvalue weighted by molar-refractivity contribution is 9.10. The van der Waals surface area contributed by atoms with Crippen molar-refractivity contribution in [2.24, 2.45) is 0 Å². The molecule has 0 saturated carbocycles. The zero-order valence-electron chi connectivity index (χ0n) is 18.1. The average Bonchev–Trinajstić information content (AvgIpc) is 3.24. The number of halogens is 3. The molecule has 1 amide bonds. The van der Waals surface area contributed by atoms with Gasteiger partial charge in [0, 0.05) is 49.7 Å². The molecule has 5 rings (SSSR count). The molecule has 4 aromatic rings. The predicted octanol–water partition coefficient (Wildman–Crippen LogP) is 5.83. The summed E-state index contributed by atoms with van der Waals surface area (Å²) in [7, 11) is 0. The van der Waals surface area contributed by atoms with Crippen LogP contribution in [0, 0.1) is 0 Å². The molecule has 4 heterocycles. The molecular weight excluding hydrogens is 539 g/mol. The van der Waals surface area contributed by atoms with Crippen LogP contribution in [-0.4, -0.2) is 43.5 Å². The van der Waals surface area contributed by atoms with Crippen molar-refractivity contribution in [3.8, 4) is 0 Å². The number of anilines is 1. The number of hydrogen-bond donors (Lipinski definition) is 1. The van der Waals surface area contributed by atoms with Gasteiger partial charge in [0.05, 0.1) is 26.3 Å². The Kier molecular flexibility index (Phi) is 6.72. The first-order valence-corrected chi connectivity index (χ1v) is 12.5. The zero-order chi connectivity index (χ0) is 23.7. The van der Waals surface area contributed by atoms with E-state index >= 15 is 0 Å². The van der Waals surface area contributed by atoms with Crippen molar-refractivity contribution in [1.82, 2.24) is 24.5 Å². The molecule has 0 spiro atoms. The lowest BCUT2D eigenvalue weighted by Gasteiger charge is -2.32. The van der Waals surface area contributed by atoms with Crippen LogP contribution in [0.15, 0.2) is 59.5 Å². The van der Waals surface area contributed by atoms with E-state index in [-0.39, 0.29) is 11.8 Å². The second-order valence-electron chi connectivity index (χ2n) is 8.17. The molecule has 1 aliphatic heterocycles. The van der Waals surface area contributed by atoms with Crippen LogP contribution in [0.3, 0.4) is 0 Å². The lowest BCUT2D eigenvalue weighted by atomic mass is 9.92. The van der Waals surface area contributed by atoms with E-state index in [0.29, 0.717) is 35.2 Å². The first kappa shape index (κ1) is 23.1. The fourth-order valence-electron chi connectivity index (χ4n) is 4.22. The van der Waals surface area contributed by atoms with E-state index in [1.807, 2.05) is 23.2 Å². The van der Waals surface area contributed by atoms with Gasteiger partial charge in [-0.05, 0) is 52.5 Å². The summed E-state index contributed by atoms with van der Waals surface area (Å²) in [5, 5.41) is 8.67. The molecule has 0 bridgehead atoms. The van der Waals surface area contributed by atoms with Crippen LogP contribution >= 0.6 is 39.1 Å². The normalized spacial score (nSPS) is 14.5. The number of amides is 1. The second kappa shape index (κ2) is 9.90. The quantitative estimate of drug-likeness (QED) is 0.333. The van der Waals surface area contributed by atoms with Crippen LogP contribution in [0.25, 0.3) is 5.65 Å². The summed E-state index contributed by atoms with van der Waals surface area (Å²) in [5.74, 6) is 0.947. The molecular formula is C24H21BrCl2N6O. The topological polar surface area (TPSA) is 75.4 Å². The summed E-state index contributed by atoms with van der Waals surface area (Å²) in [6.07, 6.45) is 6.93. The van der Waals surface area contributed by atoms with Crippen molar-refractivity contribution >= 4 is 56.5 Å². The van der Waals surface area contributed by atoms with Gasteiger partial charge >= 0.3 is 0 Å². The zero-order valence-corrected chi connectivity index (χ0v) is 21.2. The SMILES string of the molecule is O=C(c1c(Cl)cccc1Cl)N1CCC(c2cc(NCc3cccnc3)n3ncc(Br)c3n2)CC1. The Balaban J connectivity index is 1.35. The van der Waals surface area contributed by atoms with E-state index in [2.05, 4.69) is 37.4 Å². The average molecular weight is 560 g/mol. The van der Waals surface area contributed by atoms with Gasteiger partial charge in [-0.15, -0.1) is 0 Å². The molecule has 7 nitrogen and oxygen atoms in total. The van der Waals surface area contributed by atoms with E-state index < -0.39 is 0 Å². The molecule has 1 fully saturated rings. The molecule has 0 atom stereocenters. The maximum Gasteiger partial charge on any atom is 0.256 e. The second-order valence-corrected chi connectivity index (χ2v) is 9.84. The van der Waals surface area contributed by atoms with Gasteiger partial charge in [0.1, 0.15) is 5.82 Å². The number of hydrogen-bond acceptors (Lipinski definition) is 5. The number of carbonyl (C=O) groups is 1. The minimum Gasteiger partial charge on any atom is -0.366 e. The highest BCUT2D eigenvalue weighted by Gasteiger charge is 2.28. The lowest BCUT2D eigenvalue weighted by molar-refractivity contribution is 0.0712. The van der Waals surface area contributed by atoms with Crippen LogP contribution in [0.1, 0.15) is 40.4 Å². The van der Waals surface area contributed by atoms with Crippen molar-refractivity contribution in [2.75, 3.05) is 18.4 Å². The van der Waals surface area contributed by atoms with Gasteiger partial charge in [0.15, 0.2) is 5.65 Å².